The molecule has 6 nitrogen and oxygen atoms in total. The van der Waals surface area contributed by atoms with Gasteiger partial charge < -0.3 is 21.5 Å². The molecule has 0 saturated heterocycles. The van der Waals surface area contributed by atoms with E-state index < -0.39 is 23.1 Å². The second kappa shape index (κ2) is 8.44. The third kappa shape index (κ3) is 4.73. The van der Waals surface area contributed by atoms with Gasteiger partial charge in [-0.15, -0.1) is 11.3 Å². The number of thiophene rings is 1. The van der Waals surface area contributed by atoms with Gasteiger partial charge in [-0.1, -0.05) is 0 Å². The van der Waals surface area contributed by atoms with E-state index in [0.29, 0.717) is 16.3 Å². The summed E-state index contributed by atoms with van der Waals surface area (Å²) >= 11 is 0.959. The molecule has 0 atom stereocenters. The molecule has 2 amide bonds. The Balaban J connectivity index is 2.00. The third-order valence-corrected chi connectivity index (χ3v) is 5.69. The lowest BCUT2D eigenvalue weighted by atomic mass is 9.96. The molecule has 0 unspecified atom stereocenters. The smallest absolute Gasteiger partial charge is 0.251 e. The molecule has 162 valence electrons. The monoisotopic (exact) mass is 445 g/mol. The molecule has 3 aromatic rings. The quantitative estimate of drug-likeness (QED) is 0.458. The van der Waals surface area contributed by atoms with E-state index in [4.69, 9.17) is 5.73 Å². The Bertz CT molecular complexity index is 1130. The minimum absolute atomic E-state index is 0.0701. The van der Waals surface area contributed by atoms with Crippen molar-refractivity contribution in [3.8, 4) is 10.4 Å². The Morgan fingerprint density at radius 2 is 1.65 bits per heavy atom. The van der Waals surface area contributed by atoms with E-state index in [1.807, 2.05) is 0 Å². The average molecular weight is 445 g/mol. The van der Waals surface area contributed by atoms with Crippen LogP contribution in [0.25, 0.3) is 10.4 Å². The van der Waals surface area contributed by atoms with Crippen LogP contribution < -0.4 is 16.4 Å². The number of anilines is 2. The van der Waals surface area contributed by atoms with E-state index in [1.165, 1.54) is 27.0 Å². The van der Waals surface area contributed by atoms with Crippen LogP contribution in [-0.4, -0.2) is 24.0 Å². The number of amides is 2. The van der Waals surface area contributed by atoms with Crippen molar-refractivity contribution in [3.05, 3.63) is 70.8 Å². The van der Waals surface area contributed by atoms with Crippen molar-refractivity contribution < 1.29 is 23.5 Å². The molecule has 0 spiro atoms. The highest BCUT2D eigenvalue weighted by Crippen LogP contribution is 2.40. The van der Waals surface area contributed by atoms with Crippen LogP contribution in [0.3, 0.4) is 0 Å². The normalized spacial score (nSPS) is 11.3. The fourth-order valence-corrected chi connectivity index (χ4v) is 4.06. The van der Waals surface area contributed by atoms with Gasteiger partial charge in [0.25, 0.3) is 11.8 Å². The molecule has 0 aliphatic rings. The average Bonchev–Trinajstić information content (AvgIpc) is 3.10. The van der Waals surface area contributed by atoms with Crippen LogP contribution in [0.1, 0.15) is 40.1 Å². The Morgan fingerprint density at radius 3 is 2.13 bits per heavy atom. The lowest BCUT2D eigenvalue weighted by Gasteiger charge is -2.18. The fourth-order valence-electron chi connectivity index (χ4n) is 2.93. The van der Waals surface area contributed by atoms with Gasteiger partial charge in [0.2, 0.25) is 0 Å². The lowest BCUT2D eigenvalue weighted by molar-refractivity contribution is 0.0778. The molecule has 1 aromatic heterocycles. The fraction of sp³-hybridized carbons (Fsp3) is 0.182. The number of halogens is 2. The Hall–Kier alpha value is -3.30. The minimum Gasteiger partial charge on any atom is -0.386 e. The molecule has 0 radical (unpaired) electrons. The number of rotatable bonds is 6. The van der Waals surface area contributed by atoms with Gasteiger partial charge in [0.15, 0.2) is 0 Å². The molecule has 0 aliphatic carbocycles. The number of benzene rings is 2. The maximum Gasteiger partial charge on any atom is 0.251 e. The maximum atomic E-state index is 14.7. The van der Waals surface area contributed by atoms with Crippen LogP contribution in [-0.2, 0) is 5.60 Å². The predicted octanol–water partition coefficient (Wildman–Crippen LogP) is 4.12. The van der Waals surface area contributed by atoms with Crippen molar-refractivity contribution >= 4 is 33.8 Å². The zero-order chi connectivity index (χ0) is 22.9. The van der Waals surface area contributed by atoms with Gasteiger partial charge in [0.05, 0.1) is 16.7 Å². The molecule has 1 heterocycles. The van der Waals surface area contributed by atoms with Crippen LogP contribution in [0.15, 0.2) is 42.5 Å². The third-order valence-electron chi connectivity index (χ3n) is 4.62. The Labute approximate surface area is 181 Å². The molecule has 3 rings (SSSR count). The van der Waals surface area contributed by atoms with Gasteiger partial charge in [-0.05, 0) is 61.9 Å². The van der Waals surface area contributed by atoms with Gasteiger partial charge in [-0.3, -0.25) is 9.59 Å². The van der Waals surface area contributed by atoms with Crippen molar-refractivity contribution in [3.63, 3.8) is 0 Å². The van der Waals surface area contributed by atoms with Crippen LogP contribution in [0, 0.1) is 11.6 Å². The van der Waals surface area contributed by atoms with E-state index in [9.17, 15) is 23.5 Å². The van der Waals surface area contributed by atoms with E-state index in [0.717, 1.165) is 23.5 Å². The van der Waals surface area contributed by atoms with E-state index >= 15 is 0 Å². The number of carbonyl (C=O) groups excluding carboxylic acids is 2. The first-order valence-electron chi connectivity index (χ1n) is 9.26. The molecular weight excluding hydrogens is 424 g/mol. The zero-order valence-electron chi connectivity index (χ0n) is 17.0. The van der Waals surface area contributed by atoms with Gasteiger partial charge in [0.1, 0.15) is 16.6 Å². The molecule has 5 N–H and O–H groups in total. The molecular formula is C22H21F2N3O3S. The summed E-state index contributed by atoms with van der Waals surface area (Å²) in [5.74, 6) is -2.74. The highest BCUT2D eigenvalue weighted by atomic mass is 32.1. The molecule has 31 heavy (non-hydrogen) atoms. The molecule has 0 saturated carbocycles. The number of hydrogen-bond donors (Lipinski definition) is 4. The molecule has 2 aromatic carbocycles. The first-order valence-corrected chi connectivity index (χ1v) is 10.1. The molecule has 0 aliphatic heterocycles. The van der Waals surface area contributed by atoms with Gasteiger partial charge in [-0.25, -0.2) is 8.78 Å². The molecule has 9 heteroatoms. The van der Waals surface area contributed by atoms with Gasteiger partial charge >= 0.3 is 0 Å². The Morgan fingerprint density at radius 1 is 1.06 bits per heavy atom. The predicted molar refractivity (Wildman–Crippen MR) is 117 cm³/mol. The summed E-state index contributed by atoms with van der Waals surface area (Å²) in [6.07, 6.45) is 0. The molecule has 0 fully saturated rings. The maximum absolute atomic E-state index is 14.7. The Kier molecular flexibility index (Phi) is 6.10. The van der Waals surface area contributed by atoms with Crippen LogP contribution in [0.4, 0.5) is 19.5 Å². The minimum atomic E-state index is -1.42. The van der Waals surface area contributed by atoms with Crippen molar-refractivity contribution in [1.29, 1.82) is 0 Å². The second-order valence-corrected chi connectivity index (χ2v) is 8.43. The van der Waals surface area contributed by atoms with Gasteiger partial charge in [0, 0.05) is 23.2 Å². The highest BCUT2D eigenvalue weighted by Gasteiger charge is 2.24. The largest absolute Gasteiger partial charge is 0.386 e. The van der Waals surface area contributed by atoms with Crippen molar-refractivity contribution in [1.82, 2.24) is 5.32 Å². The number of primary amides is 1. The first kappa shape index (κ1) is 22.4. The number of carbonyl (C=O) groups is 2. The lowest BCUT2D eigenvalue weighted by Crippen LogP contribution is -2.17. The summed E-state index contributed by atoms with van der Waals surface area (Å²) in [6, 6.07) is 9.89. The van der Waals surface area contributed by atoms with Crippen LogP contribution in [0.5, 0.6) is 0 Å². The molecule has 0 bridgehead atoms. The van der Waals surface area contributed by atoms with E-state index in [-0.39, 0.29) is 27.5 Å². The number of aliphatic hydroxyl groups is 1. The number of nitrogens with two attached hydrogens (primary N) is 1. The summed E-state index contributed by atoms with van der Waals surface area (Å²) in [7, 11) is 1.52. The van der Waals surface area contributed by atoms with Gasteiger partial charge in [-0.2, -0.15) is 0 Å². The highest BCUT2D eigenvalue weighted by molar-refractivity contribution is 7.20. The zero-order valence-corrected chi connectivity index (χ0v) is 17.9. The topological polar surface area (TPSA) is 104 Å². The second-order valence-electron chi connectivity index (χ2n) is 7.37. The van der Waals surface area contributed by atoms with E-state index in [1.54, 1.807) is 24.3 Å². The summed E-state index contributed by atoms with van der Waals surface area (Å²) < 4.78 is 29.5. The summed E-state index contributed by atoms with van der Waals surface area (Å²) in [6.45, 7) is 2.85. The SMILES string of the molecule is CNC(=O)c1ccc(Nc2sc(-c3c(F)cc(C(C)(C)O)cc3F)cc2C(N)=O)cc1. The summed E-state index contributed by atoms with van der Waals surface area (Å²) in [5.41, 5.74) is 4.89. The number of hydrogen-bond acceptors (Lipinski definition) is 5. The van der Waals surface area contributed by atoms with Crippen molar-refractivity contribution in [2.45, 2.75) is 19.4 Å². The summed E-state index contributed by atoms with van der Waals surface area (Å²) in [5, 5.41) is 15.9. The number of nitrogens with one attached hydrogen (secondary N) is 2. The van der Waals surface area contributed by atoms with Crippen LogP contribution in [0.2, 0.25) is 0 Å². The van der Waals surface area contributed by atoms with Crippen LogP contribution >= 0.6 is 11.3 Å². The van der Waals surface area contributed by atoms with Crippen molar-refractivity contribution in [2.75, 3.05) is 12.4 Å². The van der Waals surface area contributed by atoms with E-state index in [2.05, 4.69) is 10.6 Å². The first-order chi connectivity index (χ1) is 14.5. The summed E-state index contributed by atoms with van der Waals surface area (Å²) in [4.78, 5) is 23.7. The van der Waals surface area contributed by atoms with Crippen molar-refractivity contribution in [2.24, 2.45) is 5.73 Å². The standard InChI is InChI=1S/C22H21F2N3O3S/c1-22(2,30)12-8-15(23)18(16(24)9-12)17-10-14(19(25)28)21(31-17)27-13-6-4-11(5-7-13)20(29)26-3/h4-10,27,30H,1-3H3,(H2,25,28)(H,26,29).